The van der Waals surface area contributed by atoms with Crippen molar-refractivity contribution in [3.8, 4) is 0 Å². The third kappa shape index (κ3) is 2.56. The molecule has 1 atom stereocenters. The second-order valence-electron chi connectivity index (χ2n) is 5.28. The van der Waals surface area contributed by atoms with E-state index in [1.54, 1.807) is 0 Å². The van der Waals surface area contributed by atoms with E-state index < -0.39 is 0 Å². The van der Waals surface area contributed by atoms with Gasteiger partial charge >= 0.3 is 0 Å². The summed E-state index contributed by atoms with van der Waals surface area (Å²) >= 11 is 0. The molecule has 0 bridgehead atoms. The number of hydrogen-bond donors (Lipinski definition) is 1. The molecule has 1 N–H and O–H groups in total. The predicted molar refractivity (Wildman–Crippen MR) is 74.4 cm³/mol. The number of rotatable bonds is 3. The highest BCUT2D eigenvalue weighted by Gasteiger charge is 2.21. The lowest BCUT2D eigenvalue weighted by Gasteiger charge is -2.27. The first kappa shape index (κ1) is 12.4. The molecular formula is C14H20N4O. The number of hydrogen-bond acceptors (Lipinski definition) is 4. The molecule has 102 valence electrons. The number of aryl methyl sites for hydroxylation is 1. The van der Waals surface area contributed by atoms with E-state index in [0.717, 1.165) is 37.3 Å². The van der Waals surface area contributed by atoms with Crippen LogP contribution in [0.1, 0.15) is 25.3 Å². The molecule has 19 heavy (non-hydrogen) atoms. The van der Waals surface area contributed by atoms with E-state index in [1.807, 2.05) is 16.8 Å². The minimum absolute atomic E-state index is 0.376. The summed E-state index contributed by atoms with van der Waals surface area (Å²) < 4.78 is 7.23. The Kier molecular flexibility index (Phi) is 3.38. The Morgan fingerprint density at radius 1 is 1.42 bits per heavy atom. The summed E-state index contributed by atoms with van der Waals surface area (Å²) in [5.41, 5.74) is 2.06. The van der Waals surface area contributed by atoms with Crippen molar-refractivity contribution in [2.45, 2.75) is 32.7 Å². The maximum atomic E-state index is 5.40. The third-order valence-electron chi connectivity index (χ3n) is 3.89. The first-order valence-electron chi connectivity index (χ1n) is 6.90. The molecule has 0 aromatic carbocycles. The molecule has 5 heteroatoms. The first-order chi connectivity index (χ1) is 9.24. The number of pyridine rings is 1. The molecule has 0 spiro atoms. The fraction of sp³-hybridized carbons (Fsp3) is 0.571. The average molecular weight is 260 g/mol. The number of ether oxygens (including phenoxy) is 1. The summed E-state index contributed by atoms with van der Waals surface area (Å²) in [7, 11) is 0. The average Bonchev–Trinajstić information content (AvgIpc) is 2.84. The van der Waals surface area contributed by atoms with E-state index in [2.05, 4.69) is 35.3 Å². The van der Waals surface area contributed by atoms with Gasteiger partial charge in [-0.15, -0.1) is 5.10 Å². The van der Waals surface area contributed by atoms with Crippen molar-refractivity contribution in [3.05, 3.63) is 23.9 Å². The van der Waals surface area contributed by atoms with Gasteiger partial charge in [0.25, 0.3) is 0 Å². The Hall–Kier alpha value is -1.62. The van der Waals surface area contributed by atoms with Crippen molar-refractivity contribution in [1.82, 2.24) is 14.6 Å². The van der Waals surface area contributed by atoms with Crippen LogP contribution >= 0.6 is 0 Å². The molecule has 0 saturated carbocycles. The smallest absolute Gasteiger partial charge is 0.243 e. The molecule has 0 amide bonds. The maximum Gasteiger partial charge on any atom is 0.243 e. The van der Waals surface area contributed by atoms with E-state index in [0.29, 0.717) is 17.9 Å². The fourth-order valence-corrected chi connectivity index (χ4v) is 2.64. The highest BCUT2D eigenvalue weighted by Crippen LogP contribution is 2.21. The first-order valence-corrected chi connectivity index (χ1v) is 6.90. The van der Waals surface area contributed by atoms with Gasteiger partial charge in [-0.1, -0.05) is 6.07 Å². The highest BCUT2D eigenvalue weighted by molar-refractivity contribution is 5.49. The zero-order chi connectivity index (χ0) is 13.2. The quantitative estimate of drug-likeness (QED) is 0.919. The number of fused-ring (bicyclic) bond motifs is 1. The molecule has 2 aromatic rings. The van der Waals surface area contributed by atoms with Crippen LogP contribution in [0.4, 0.5) is 5.95 Å². The third-order valence-corrected chi connectivity index (χ3v) is 3.89. The second kappa shape index (κ2) is 5.17. The molecule has 0 aliphatic carbocycles. The van der Waals surface area contributed by atoms with Crippen molar-refractivity contribution in [1.29, 1.82) is 0 Å². The highest BCUT2D eigenvalue weighted by atomic mass is 16.5. The summed E-state index contributed by atoms with van der Waals surface area (Å²) in [5, 5.41) is 7.90. The van der Waals surface area contributed by atoms with E-state index in [4.69, 9.17) is 4.74 Å². The van der Waals surface area contributed by atoms with Crippen LogP contribution in [-0.4, -0.2) is 33.9 Å². The summed E-state index contributed by atoms with van der Waals surface area (Å²) in [4.78, 5) is 4.56. The molecule has 1 aliphatic heterocycles. The topological polar surface area (TPSA) is 51.5 Å². The number of nitrogens with one attached hydrogen (secondary N) is 1. The van der Waals surface area contributed by atoms with Gasteiger partial charge in [-0.25, -0.2) is 4.52 Å². The van der Waals surface area contributed by atoms with Crippen LogP contribution < -0.4 is 5.32 Å². The predicted octanol–water partition coefficient (Wildman–Crippen LogP) is 2.26. The van der Waals surface area contributed by atoms with Gasteiger partial charge in [0, 0.05) is 25.5 Å². The van der Waals surface area contributed by atoms with Gasteiger partial charge in [-0.2, -0.15) is 4.98 Å². The van der Waals surface area contributed by atoms with E-state index in [9.17, 15) is 0 Å². The summed E-state index contributed by atoms with van der Waals surface area (Å²) in [6.07, 6.45) is 4.15. The zero-order valence-corrected chi connectivity index (χ0v) is 11.5. The molecule has 1 fully saturated rings. The molecule has 1 aliphatic rings. The van der Waals surface area contributed by atoms with Crippen LogP contribution in [0.15, 0.2) is 18.3 Å². The van der Waals surface area contributed by atoms with E-state index in [-0.39, 0.29) is 0 Å². The van der Waals surface area contributed by atoms with E-state index >= 15 is 0 Å². The van der Waals surface area contributed by atoms with Crippen LogP contribution in [0.5, 0.6) is 0 Å². The van der Waals surface area contributed by atoms with Gasteiger partial charge in [0.1, 0.15) is 0 Å². The van der Waals surface area contributed by atoms with Gasteiger partial charge < -0.3 is 10.1 Å². The number of nitrogens with zero attached hydrogens (tertiary/aromatic N) is 3. The SMILES string of the molecule is Cc1cccn2nc(NC(C)C3CCOCC3)nc12. The van der Waals surface area contributed by atoms with Crippen molar-refractivity contribution >= 4 is 11.6 Å². The van der Waals surface area contributed by atoms with Crippen LogP contribution in [0.3, 0.4) is 0 Å². The zero-order valence-electron chi connectivity index (χ0n) is 11.5. The fourth-order valence-electron chi connectivity index (χ4n) is 2.64. The van der Waals surface area contributed by atoms with Crippen molar-refractivity contribution in [2.75, 3.05) is 18.5 Å². The molecular weight excluding hydrogens is 240 g/mol. The Labute approximate surface area is 113 Å². The van der Waals surface area contributed by atoms with Gasteiger partial charge in [0.15, 0.2) is 5.65 Å². The second-order valence-corrected chi connectivity index (χ2v) is 5.28. The summed E-state index contributed by atoms with van der Waals surface area (Å²) in [6, 6.07) is 4.42. The lowest BCUT2D eigenvalue weighted by molar-refractivity contribution is 0.0621. The van der Waals surface area contributed by atoms with Gasteiger partial charge in [-0.3, -0.25) is 0 Å². The molecule has 5 nitrogen and oxygen atoms in total. The molecule has 1 saturated heterocycles. The maximum absolute atomic E-state index is 5.40. The molecule has 3 heterocycles. The number of anilines is 1. The van der Waals surface area contributed by atoms with Crippen LogP contribution in [0.25, 0.3) is 5.65 Å². The molecule has 3 rings (SSSR count). The Morgan fingerprint density at radius 3 is 2.95 bits per heavy atom. The largest absolute Gasteiger partial charge is 0.381 e. The monoisotopic (exact) mass is 260 g/mol. The summed E-state index contributed by atoms with van der Waals surface area (Å²) in [6.45, 7) is 5.99. The van der Waals surface area contributed by atoms with Crippen LogP contribution in [0.2, 0.25) is 0 Å². The Balaban J connectivity index is 1.75. The standard InChI is InChI=1S/C14H20N4O/c1-10-4-3-7-18-13(10)16-14(17-18)15-11(2)12-5-8-19-9-6-12/h3-4,7,11-12H,5-6,8-9H2,1-2H3,(H,15,17). The van der Waals surface area contributed by atoms with Gasteiger partial charge in [0.2, 0.25) is 5.95 Å². The van der Waals surface area contributed by atoms with Crippen molar-refractivity contribution in [2.24, 2.45) is 5.92 Å². The minimum Gasteiger partial charge on any atom is -0.381 e. The molecule has 1 unspecified atom stereocenters. The van der Waals surface area contributed by atoms with E-state index in [1.165, 1.54) is 0 Å². The minimum atomic E-state index is 0.376. The Bertz CT molecular complexity index is 560. The number of aromatic nitrogens is 3. The van der Waals surface area contributed by atoms with Crippen LogP contribution in [0, 0.1) is 12.8 Å². The lowest BCUT2D eigenvalue weighted by atomic mass is 9.93. The van der Waals surface area contributed by atoms with Gasteiger partial charge in [0.05, 0.1) is 0 Å². The Morgan fingerprint density at radius 2 is 2.21 bits per heavy atom. The van der Waals surface area contributed by atoms with Crippen molar-refractivity contribution < 1.29 is 4.74 Å². The van der Waals surface area contributed by atoms with Crippen molar-refractivity contribution in [3.63, 3.8) is 0 Å². The van der Waals surface area contributed by atoms with Crippen LogP contribution in [-0.2, 0) is 4.74 Å². The normalized spacial score (nSPS) is 18.6. The molecule has 2 aromatic heterocycles. The molecule has 0 radical (unpaired) electrons. The summed E-state index contributed by atoms with van der Waals surface area (Å²) in [5.74, 6) is 1.36. The van der Waals surface area contributed by atoms with Gasteiger partial charge in [-0.05, 0) is 44.2 Å². The lowest BCUT2D eigenvalue weighted by Crippen LogP contribution is -2.31.